The van der Waals surface area contributed by atoms with Gasteiger partial charge in [0.1, 0.15) is 5.82 Å². The lowest BCUT2D eigenvalue weighted by molar-refractivity contribution is -0.132. The van der Waals surface area contributed by atoms with Gasteiger partial charge in [0.15, 0.2) is 0 Å². The van der Waals surface area contributed by atoms with Crippen molar-refractivity contribution in [1.82, 2.24) is 19.7 Å². The minimum atomic E-state index is -0.0704. The van der Waals surface area contributed by atoms with Crippen molar-refractivity contribution in [2.75, 3.05) is 49.1 Å². The third kappa shape index (κ3) is 4.63. The number of amides is 1. The number of anilines is 2. The van der Waals surface area contributed by atoms with Crippen molar-refractivity contribution in [1.29, 1.82) is 0 Å². The van der Waals surface area contributed by atoms with E-state index in [0.717, 1.165) is 63.6 Å². The molecule has 2 saturated heterocycles. The fraction of sp³-hybridized carbons (Fsp3) is 0.545. The Morgan fingerprint density at radius 1 is 1.13 bits per heavy atom. The maximum atomic E-state index is 12.9. The van der Waals surface area contributed by atoms with Gasteiger partial charge < -0.3 is 14.7 Å². The minimum absolute atomic E-state index is 0.0704. The molecule has 1 unspecified atom stereocenters. The summed E-state index contributed by atoms with van der Waals surface area (Å²) in [5.41, 5.74) is 0.796. The highest BCUT2D eigenvalue weighted by Gasteiger charge is 2.27. The zero-order valence-electron chi connectivity index (χ0n) is 17.6. The van der Waals surface area contributed by atoms with Crippen molar-refractivity contribution in [3.8, 4) is 0 Å². The van der Waals surface area contributed by atoms with E-state index < -0.39 is 0 Å². The summed E-state index contributed by atoms with van der Waals surface area (Å²) in [5.74, 6) is 1.53. The van der Waals surface area contributed by atoms with Gasteiger partial charge >= 0.3 is 0 Å². The van der Waals surface area contributed by atoms with Gasteiger partial charge in [-0.3, -0.25) is 9.59 Å². The molecule has 1 atom stereocenters. The summed E-state index contributed by atoms with van der Waals surface area (Å²) in [5, 5.41) is 4.24. The van der Waals surface area contributed by atoms with Crippen LogP contribution in [0.5, 0.6) is 0 Å². The number of piperidine rings is 1. The number of nitrogens with zero attached hydrogens (tertiary/aromatic N) is 6. The summed E-state index contributed by atoms with van der Waals surface area (Å²) >= 11 is 0. The second-order valence-electron chi connectivity index (χ2n) is 8.08. The van der Waals surface area contributed by atoms with Crippen molar-refractivity contribution in [3.63, 3.8) is 0 Å². The van der Waals surface area contributed by atoms with Crippen LogP contribution in [0.15, 0.2) is 41.5 Å². The maximum absolute atomic E-state index is 12.9. The molecule has 1 amide bonds. The van der Waals surface area contributed by atoms with E-state index in [1.54, 1.807) is 12.3 Å². The molecular weight excluding hydrogens is 380 g/mol. The molecule has 0 radical (unpaired) electrons. The summed E-state index contributed by atoms with van der Waals surface area (Å²) in [4.78, 5) is 35.8. The van der Waals surface area contributed by atoms with Crippen molar-refractivity contribution in [2.45, 2.75) is 32.7 Å². The molecule has 2 aromatic heterocycles. The molecule has 160 valence electrons. The molecule has 2 aliphatic rings. The first-order valence-corrected chi connectivity index (χ1v) is 10.9. The Bertz CT molecular complexity index is 907. The Morgan fingerprint density at radius 3 is 2.67 bits per heavy atom. The first-order chi connectivity index (χ1) is 14.6. The Balaban J connectivity index is 1.30. The van der Waals surface area contributed by atoms with Crippen LogP contribution >= 0.6 is 0 Å². The third-order valence-electron chi connectivity index (χ3n) is 6.11. The number of rotatable bonds is 5. The number of pyridine rings is 1. The molecule has 2 aromatic rings. The van der Waals surface area contributed by atoms with Crippen molar-refractivity contribution < 1.29 is 4.79 Å². The predicted octanol–water partition coefficient (Wildman–Crippen LogP) is 1.61. The number of aromatic nitrogens is 3. The second kappa shape index (κ2) is 9.28. The molecule has 0 aliphatic carbocycles. The van der Waals surface area contributed by atoms with E-state index in [1.807, 2.05) is 36.2 Å². The normalized spacial score (nSPS) is 19.8. The zero-order chi connectivity index (χ0) is 20.9. The van der Waals surface area contributed by atoms with Crippen LogP contribution in [0.1, 0.15) is 26.2 Å². The maximum Gasteiger partial charge on any atom is 0.268 e. The third-order valence-corrected chi connectivity index (χ3v) is 6.11. The summed E-state index contributed by atoms with van der Waals surface area (Å²) in [7, 11) is 0. The number of hydrogen-bond acceptors (Lipinski definition) is 6. The molecule has 0 N–H and O–H groups in total. The van der Waals surface area contributed by atoms with Gasteiger partial charge in [-0.2, -0.15) is 5.10 Å². The van der Waals surface area contributed by atoms with Crippen LogP contribution in [0.4, 0.5) is 11.5 Å². The number of carbonyl (C=O) groups excluding carboxylic acids is 1. The summed E-state index contributed by atoms with van der Waals surface area (Å²) in [6.45, 7) is 7.31. The van der Waals surface area contributed by atoms with Crippen LogP contribution in [-0.4, -0.2) is 64.8 Å². The summed E-state index contributed by atoms with van der Waals surface area (Å²) in [6.07, 6.45) is 6.23. The number of carbonyl (C=O) groups is 1. The Kier molecular flexibility index (Phi) is 6.30. The van der Waals surface area contributed by atoms with Crippen molar-refractivity contribution in [3.05, 3.63) is 47.0 Å². The largest absolute Gasteiger partial charge is 0.370 e. The lowest BCUT2D eigenvalue weighted by atomic mass is 9.93. The highest BCUT2D eigenvalue weighted by atomic mass is 16.2. The van der Waals surface area contributed by atoms with Gasteiger partial charge in [0.05, 0.1) is 11.9 Å². The van der Waals surface area contributed by atoms with Gasteiger partial charge in [0, 0.05) is 64.5 Å². The SMILES string of the molecule is CCn1ncc(N2CCCC(CC(=O)N3CCN(c4ccccn4)CC3)C2)cc1=O. The van der Waals surface area contributed by atoms with Gasteiger partial charge in [-0.05, 0) is 37.8 Å². The molecular formula is C22H30N6O2. The van der Waals surface area contributed by atoms with Crippen LogP contribution in [0.3, 0.4) is 0 Å². The zero-order valence-corrected chi connectivity index (χ0v) is 17.6. The van der Waals surface area contributed by atoms with Crippen LogP contribution in [0, 0.1) is 5.92 Å². The Hall–Kier alpha value is -2.90. The fourth-order valence-electron chi connectivity index (χ4n) is 4.40. The molecule has 2 fully saturated rings. The lowest BCUT2D eigenvalue weighted by Crippen LogP contribution is -2.49. The summed E-state index contributed by atoms with van der Waals surface area (Å²) in [6, 6.07) is 7.59. The standard InChI is InChI=1S/C22H30N6O2/c1-2-28-22(30)15-19(16-24-28)27-9-5-6-18(17-27)14-21(29)26-12-10-25(11-13-26)20-7-3-4-8-23-20/h3-4,7-8,15-16,18H,2,5-6,9-14,17H2,1H3. The van der Waals surface area contributed by atoms with Crippen LogP contribution in [0.2, 0.25) is 0 Å². The predicted molar refractivity (Wildman–Crippen MR) is 117 cm³/mol. The molecule has 4 heterocycles. The molecule has 0 saturated carbocycles. The molecule has 0 aromatic carbocycles. The highest BCUT2D eigenvalue weighted by molar-refractivity contribution is 5.77. The van der Waals surface area contributed by atoms with Gasteiger partial charge in [-0.15, -0.1) is 0 Å². The van der Waals surface area contributed by atoms with E-state index >= 15 is 0 Å². The van der Waals surface area contributed by atoms with E-state index in [4.69, 9.17) is 0 Å². The first-order valence-electron chi connectivity index (χ1n) is 10.9. The average molecular weight is 411 g/mol. The van der Waals surface area contributed by atoms with Gasteiger partial charge in [-0.1, -0.05) is 6.07 Å². The molecule has 8 nitrogen and oxygen atoms in total. The van der Waals surface area contributed by atoms with Crippen molar-refractivity contribution >= 4 is 17.4 Å². The monoisotopic (exact) mass is 410 g/mol. The first kappa shape index (κ1) is 20.4. The molecule has 30 heavy (non-hydrogen) atoms. The van der Waals surface area contributed by atoms with Gasteiger partial charge in [0.2, 0.25) is 5.91 Å². The van der Waals surface area contributed by atoms with Crippen molar-refractivity contribution in [2.24, 2.45) is 5.92 Å². The van der Waals surface area contributed by atoms with E-state index in [9.17, 15) is 9.59 Å². The van der Waals surface area contributed by atoms with Gasteiger partial charge in [0.25, 0.3) is 5.56 Å². The highest BCUT2D eigenvalue weighted by Crippen LogP contribution is 2.25. The van der Waals surface area contributed by atoms with E-state index in [-0.39, 0.29) is 11.5 Å². The topological polar surface area (TPSA) is 74.6 Å². The van der Waals surface area contributed by atoms with E-state index in [0.29, 0.717) is 18.9 Å². The van der Waals surface area contributed by atoms with Crippen LogP contribution in [0.25, 0.3) is 0 Å². The lowest BCUT2D eigenvalue weighted by Gasteiger charge is -2.37. The molecule has 0 spiro atoms. The smallest absolute Gasteiger partial charge is 0.268 e. The Morgan fingerprint density at radius 2 is 1.97 bits per heavy atom. The van der Waals surface area contributed by atoms with E-state index in [1.165, 1.54) is 4.68 Å². The van der Waals surface area contributed by atoms with E-state index in [2.05, 4.69) is 19.9 Å². The van der Waals surface area contributed by atoms with Crippen LogP contribution in [-0.2, 0) is 11.3 Å². The number of aryl methyl sites for hydroxylation is 1. The molecule has 2 aliphatic heterocycles. The number of hydrogen-bond donors (Lipinski definition) is 0. The molecule has 4 rings (SSSR count). The molecule has 0 bridgehead atoms. The number of piperazine rings is 1. The van der Waals surface area contributed by atoms with Crippen LogP contribution < -0.4 is 15.4 Å². The van der Waals surface area contributed by atoms with Gasteiger partial charge in [-0.25, -0.2) is 9.67 Å². The average Bonchev–Trinajstić information content (AvgIpc) is 2.80. The minimum Gasteiger partial charge on any atom is -0.370 e. The second-order valence-corrected chi connectivity index (χ2v) is 8.08. The Labute approximate surface area is 177 Å². The fourth-order valence-corrected chi connectivity index (χ4v) is 4.40. The summed E-state index contributed by atoms with van der Waals surface area (Å²) < 4.78 is 1.46. The quantitative estimate of drug-likeness (QED) is 0.746. The molecule has 8 heteroatoms.